The maximum Gasteiger partial charge on any atom is 0.233 e. The largest absolute Gasteiger partial charge is 0.301 e. The number of benzene rings is 2. The first-order valence-corrected chi connectivity index (χ1v) is 10.4. The fraction of sp³-hybridized carbons (Fsp3) is 0.304. The van der Waals surface area contributed by atoms with Crippen LogP contribution in [-0.2, 0) is 11.2 Å². The molecule has 2 atom stereocenters. The van der Waals surface area contributed by atoms with E-state index in [1.165, 1.54) is 46.4 Å². The van der Waals surface area contributed by atoms with Crippen molar-refractivity contribution in [2.45, 2.75) is 38.0 Å². The van der Waals surface area contributed by atoms with Crippen LogP contribution in [0.3, 0.4) is 0 Å². The summed E-state index contributed by atoms with van der Waals surface area (Å²) in [5.74, 6) is 0.825. The molecule has 1 saturated carbocycles. The summed E-state index contributed by atoms with van der Waals surface area (Å²) >= 11 is 1.46. The van der Waals surface area contributed by atoms with Crippen molar-refractivity contribution < 1.29 is 4.79 Å². The highest BCUT2D eigenvalue weighted by atomic mass is 32.1. The van der Waals surface area contributed by atoms with E-state index in [4.69, 9.17) is 0 Å². The van der Waals surface area contributed by atoms with E-state index in [-0.39, 0.29) is 11.8 Å². The number of anilines is 1. The first-order valence-electron chi connectivity index (χ1n) is 9.54. The van der Waals surface area contributed by atoms with Gasteiger partial charge in [-0.2, -0.15) is 0 Å². The van der Waals surface area contributed by atoms with Crippen LogP contribution in [0.2, 0.25) is 0 Å². The Labute approximate surface area is 163 Å². The van der Waals surface area contributed by atoms with E-state index in [2.05, 4.69) is 59.7 Å². The molecule has 2 aromatic carbocycles. The first kappa shape index (κ1) is 16.7. The minimum Gasteiger partial charge on any atom is -0.301 e. The molecule has 1 fully saturated rings. The summed E-state index contributed by atoms with van der Waals surface area (Å²) in [4.78, 5) is 17.6. The molecule has 0 saturated heterocycles. The molecule has 1 N–H and O–H groups in total. The van der Waals surface area contributed by atoms with Gasteiger partial charge in [0, 0.05) is 17.5 Å². The van der Waals surface area contributed by atoms with Gasteiger partial charge in [0.05, 0.1) is 5.41 Å². The van der Waals surface area contributed by atoms with Gasteiger partial charge in [0.1, 0.15) is 0 Å². The van der Waals surface area contributed by atoms with Gasteiger partial charge < -0.3 is 5.32 Å². The molecule has 1 heterocycles. The summed E-state index contributed by atoms with van der Waals surface area (Å²) in [6.45, 7) is 2.10. The van der Waals surface area contributed by atoms with Gasteiger partial charge in [-0.25, -0.2) is 4.98 Å². The van der Waals surface area contributed by atoms with E-state index in [1.54, 1.807) is 6.20 Å². The summed E-state index contributed by atoms with van der Waals surface area (Å²) in [6, 6.07) is 17.4. The number of nitrogens with one attached hydrogen (secondary N) is 1. The molecule has 0 unspecified atom stereocenters. The number of hydrogen-bond donors (Lipinski definition) is 1. The van der Waals surface area contributed by atoms with Crippen LogP contribution in [0, 0.1) is 5.41 Å². The Morgan fingerprint density at radius 1 is 1.15 bits per heavy atom. The Bertz CT molecular complexity index is 979. The third-order valence-corrected chi connectivity index (χ3v) is 6.72. The van der Waals surface area contributed by atoms with E-state index in [0.717, 1.165) is 6.42 Å². The van der Waals surface area contributed by atoms with E-state index in [1.807, 2.05) is 11.4 Å². The van der Waals surface area contributed by atoms with Crippen LogP contribution in [-0.4, -0.2) is 10.9 Å². The lowest BCUT2D eigenvalue weighted by atomic mass is 9.73. The SMILES string of the molecule is C[C@@]1(C(=O)Nc2nccs2)Cc2ccc(C3CC3)cc2[C@@H]1c1ccccc1. The average molecular weight is 375 g/mol. The number of aromatic nitrogens is 1. The number of hydrogen-bond acceptors (Lipinski definition) is 3. The molecule has 0 aliphatic heterocycles. The van der Waals surface area contributed by atoms with Crippen LogP contribution in [0.1, 0.15) is 53.9 Å². The molecule has 2 aliphatic carbocycles. The van der Waals surface area contributed by atoms with Crippen molar-refractivity contribution >= 4 is 22.4 Å². The fourth-order valence-electron chi connectivity index (χ4n) is 4.48. The standard InChI is InChI=1S/C23H22N2OS/c1-23(21(26)25-22-24-11-12-27-22)14-18-10-9-17(15-7-8-15)13-19(18)20(23)16-5-3-2-4-6-16/h2-6,9-13,15,20H,7-8,14H2,1H3,(H,24,25,26)/t20-,23+/m0/s1. The number of carbonyl (C=O) groups is 1. The second-order valence-electron chi connectivity index (χ2n) is 7.96. The van der Waals surface area contributed by atoms with Crippen LogP contribution in [0.4, 0.5) is 5.13 Å². The van der Waals surface area contributed by atoms with E-state index in [0.29, 0.717) is 11.0 Å². The van der Waals surface area contributed by atoms with Crippen LogP contribution in [0.15, 0.2) is 60.1 Å². The van der Waals surface area contributed by atoms with Gasteiger partial charge in [0.2, 0.25) is 5.91 Å². The van der Waals surface area contributed by atoms with Gasteiger partial charge in [-0.15, -0.1) is 11.3 Å². The third kappa shape index (κ3) is 2.88. The van der Waals surface area contributed by atoms with E-state index in [9.17, 15) is 4.79 Å². The molecule has 0 radical (unpaired) electrons. The van der Waals surface area contributed by atoms with Crippen molar-refractivity contribution in [2.75, 3.05) is 5.32 Å². The third-order valence-electron chi connectivity index (χ3n) is 6.03. The lowest BCUT2D eigenvalue weighted by Gasteiger charge is -2.31. The highest BCUT2D eigenvalue weighted by Gasteiger charge is 2.49. The molecular formula is C23H22N2OS. The lowest BCUT2D eigenvalue weighted by molar-refractivity contribution is -0.125. The Balaban J connectivity index is 1.58. The molecule has 136 valence electrons. The molecule has 3 aromatic rings. The number of fused-ring (bicyclic) bond motifs is 1. The molecule has 2 aliphatic rings. The molecular weight excluding hydrogens is 352 g/mol. The van der Waals surface area contributed by atoms with Crippen LogP contribution in [0.25, 0.3) is 0 Å². The van der Waals surface area contributed by atoms with Gasteiger partial charge in [0.15, 0.2) is 5.13 Å². The molecule has 4 heteroatoms. The van der Waals surface area contributed by atoms with Crippen molar-refractivity contribution in [3.8, 4) is 0 Å². The van der Waals surface area contributed by atoms with Crippen LogP contribution < -0.4 is 5.32 Å². The lowest BCUT2D eigenvalue weighted by Crippen LogP contribution is -2.37. The maximum atomic E-state index is 13.4. The monoisotopic (exact) mass is 374 g/mol. The molecule has 5 rings (SSSR count). The second-order valence-corrected chi connectivity index (χ2v) is 8.86. The number of rotatable bonds is 4. The molecule has 0 bridgehead atoms. The zero-order chi connectivity index (χ0) is 18.4. The Morgan fingerprint density at radius 2 is 1.96 bits per heavy atom. The highest BCUT2D eigenvalue weighted by Crippen LogP contribution is 2.53. The number of carbonyl (C=O) groups excluding carboxylic acids is 1. The molecule has 3 nitrogen and oxygen atoms in total. The first-order chi connectivity index (χ1) is 13.1. The highest BCUT2D eigenvalue weighted by molar-refractivity contribution is 7.13. The number of amides is 1. The smallest absolute Gasteiger partial charge is 0.233 e. The predicted octanol–water partition coefficient (Wildman–Crippen LogP) is 5.35. The van der Waals surface area contributed by atoms with Crippen molar-refractivity contribution in [1.82, 2.24) is 4.98 Å². The van der Waals surface area contributed by atoms with E-state index >= 15 is 0 Å². The van der Waals surface area contributed by atoms with Crippen molar-refractivity contribution in [3.05, 3.63) is 82.4 Å². The van der Waals surface area contributed by atoms with Gasteiger partial charge in [-0.05, 0) is 54.4 Å². The summed E-state index contributed by atoms with van der Waals surface area (Å²) in [5, 5.41) is 5.61. The summed E-state index contributed by atoms with van der Waals surface area (Å²) in [5.41, 5.74) is 4.73. The van der Waals surface area contributed by atoms with Crippen LogP contribution in [0.5, 0.6) is 0 Å². The molecule has 1 aromatic heterocycles. The second kappa shape index (κ2) is 6.31. The Kier molecular flexibility index (Phi) is 3.90. The molecule has 0 spiro atoms. The Hall–Kier alpha value is -2.46. The maximum absolute atomic E-state index is 13.4. The van der Waals surface area contributed by atoms with Crippen molar-refractivity contribution in [1.29, 1.82) is 0 Å². The normalized spacial score (nSPS) is 23.8. The van der Waals surface area contributed by atoms with Gasteiger partial charge in [-0.1, -0.05) is 48.5 Å². The Morgan fingerprint density at radius 3 is 2.67 bits per heavy atom. The molecule has 1 amide bonds. The molecule has 27 heavy (non-hydrogen) atoms. The van der Waals surface area contributed by atoms with Crippen molar-refractivity contribution in [3.63, 3.8) is 0 Å². The average Bonchev–Trinajstić information content (AvgIpc) is 3.32. The number of nitrogens with zero attached hydrogens (tertiary/aromatic N) is 1. The van der Waals surface area contributed by atoms with Gasteiger partial charge in [0.25, 0.3) is 0 Å². The summed E-state index contributed by atoms with van der Waals surface area (Å²) in [6.07, 6.45) is 5.06. The zero-order valence-corrected chi connectivity index (χ0v) is 16.1. The fourth-order valence-corrected chi connectivity index (χ4v) is 5.01. The van der Waals surface area contributed by atoms with Gasteiger partial charge >= 0.3 is 0 Å². The topological polar surface area (TPSA) is 42.0 Å². The zero-order valence-electron chi connectivity index (χ0n) is 15.3. The van der Waals surface area contributed by atoms with Gasteiger partial charge in [-0.3, -0.25) is 4.79 Å². The quantitative estimate of drug-likeness (QED) is 0.668. The predicted molar refractivity (Wildman–Crippen MR) is 109 cm³/mol. The minimum absolute atomic E-state index is 0.0514. The number of thiazole rings is 1. The summed E-state index contributed by atoms with van der Waals surface area (Å²) in [7, 11) is 0. The van der Waals surface area contributed by atoms with Crippen molar-refractivity contribution in [2.24, 2.45) is 5.41 Å². The van der Waals surface area contributed by atoms with Crippen LogP contribution >= 0.6 is 11.3 Å². The minimum atomic E-state index is -0.530. The summed E-state index contributed by atoms with van der Waals surface area (Å²) < 4.78 is 0. The van der Waals surface area contributed by atoms with E-state index < -0.39 is 5.41 Å².